The molecule has 21 heavy (non-hydrogen) atoms. The van der Waals surface area contributed by atoms with Gasteiger partial charge in [-0.3, -0.25) is 10.1 Å². The lowest BCUT2D eigenvalue weighted by atomic mass is 10.2. The summed E-state index contributed by atoms with van der Waals surface area (Å²) in [7, 11) is 0. The van der Waals surface area contributed by atoms with Crippen molar-refractivity contribution in [3.8, 4) is 0 Å². The second kappa shape index (κ2) is 8.91. The Morgan fingerprint density at radius 3 is 2.76 bits per heavy atom. The van der Waals surface area contributed by atoms with Gasteiger partial charge < -0.3 is 10.1 Å². The van der Waals surface area contributed by atoms with E-state index in [4.69, 9.17) is 4.74 Å². The van der Waals surface area contributed by atoms with E-state index in [0.717, 1.165) is 4.88 Å². The lowest BCUT2D eigenvalue weighted by Gasteiger charge is -2.08. The Bertz CT molecular complexity index is 509. The molecule has 6 nitrogen and oxygen atoms in total. The molecule has 114 valence electrons. The first-order valence-corrected chi connectivity index (χ1v) is 7.31. The maximum absolute atomic E-state index is 11.4. The summed E-state index contributed by atoms with van der Waals surface area (Å²) in [5.41, 5.74) is 0. The van der Waals surface area contributed by atoms with Crippen molar-refractivity contribution in [1.82, 2.24) is 10.6 Å². The summed E-state index contributed by atoms with van der Waals surface area (Å²) in [5.74, 6) is -1.03. The van der Waals surface area contributed by atoms with Crippen molar-refractivity contribution in [1.29, 1.82) is 0 Å². The number of hydrogen-bond acceptors (Lipinski definition) is 5. The van der Waals surface area contributed by atoms with Crippen LogP contribution in [0.1, 0.15) is 18.7 Å². The van der Waals surface area contributed by atoms with Crippen LogP contribution in [0.5, 0.6) is 0 Å². The van der Waals surface area contributed by atoms with Gasteiger partial charge in [0.05, 0.1) is 0 Å². The summed E-state index contributed by atoms with van der Waals surface area (Å²) in [5, 5.41) is 6.48. The van der Waals surface area contributed by atoms with Crippen LogP contribution in [-0.4, -0.2) is 31.1 Å². The van der Waals surface area contributed by atoms with Gasteiger partial charge in [-0.15, -0.1) is 11.3 Å². The van der Waals surface area contributed by atoms with E-state index in [-0.39, 0.29) is 5.92 Å². The number of carbonyl (C=O) groups is 3. The highest BCUT2D eigenvalue weighted by molar-refractivity contribution is 7.10. The Labute approximate surface area is 127 Å². The number of carbonyl (C=O) groups excluding carboxylic acids is 3. The molecule has 0 aromatic carbocycles. The van der Waals surface area contributed by atoms with Gasteiger partial charge in [0.1, 0.15) is 0 Å². The van der Waals surface area contributed by atoms with Crippen LogP contribution in [-0.2, 0) is 14.3 Å². The molecule has 1 rings (SSSR count). The highest BCUT2D eigenvalue weighted by Gasteiger charge is 2.09. The van der Waals surface area contributed by atoms with Crippen molar-refractivity contribution in [2.75, 3.05) is 13.2 Å². The fraction of sp³-hybridized carbons (Fsp3) is 0.357. The first kappa shape index (κ1) is 16.9. The molecule has 1 aromatic heterocycles. The van der Waals surface area contributed by atoms with Crippen LogP contribution in [0.2, 0.25) is 0 Å². The van der Waals surface area contributed by atoms with E-state index in [0.29, 0.717) is 6.54 Å². The Morgan fingerprint density at radius 2 is 2.14 bits per heavy atom. The zero-order chi connectivity index (χ0) is 15.7. The number of thiophene rings is 1. The maximum Gasteiger partial charge on any atom is 0.331 e. The molecule has 3 amide bonds. The fourth-order valence-electron chi connectivity index (χ4n) is 1.22. The monoisotopic (exact) mass is 310 g/mol. The number of hydrogen-bond donors (Lipinski definition) is 2. The maximum atomic E-state index is 11.4. The van der Waals surface area contributed by atoms with E-state index < -0.39 is 24.5 Å². The van der Waals surface area contributed by atoms with Crippen LogP contribution in [0.15, 0.2) is 23.6 Å². The van der Waals surface area contributed by atoms with Crippen molar-refractivity contribution in [3.63, 3.8) is 0 Å². The molecule has 1 heterocycles. The number of nitrogens with one attached hydrogen (secondary N) is 2. The minimum atomic E-state index is -0.672. The van der Waals surface area contributed by atoms with Crippen molar-refractivity contribution < 1.29 is 19.1 Å². The third kappa shape index (κ3) is 7.88. The minimum absolute atomic E-state index is 0.283. The Hall–Kier alpha value is -2.15. The standard InChI is InChI=1S/C14H18N2O4S/c1-10(2)8-15-14(19)16-12(17)9-20-13(18)6-5-11-4-3-7-21-11/h3-7,10H,8-9H2,1-2H3,(H2,15,16,17,19). The molecule has 0 aliphatic rings. The van der Waals surface area contributed by atoms with E-state index in [2.05, 4.69) is 10.6 Å². The van der Waals surface area contributed by atoms with E-state index in [1.807, 2.05) is 31.4 Å². The number of imide groups is 1. The summed E-state index contributed by atoms with van der Waals surface area (Å²) < 4.78 is 4.72. The minimum Gasteiger partial charge on any atom is -0.452 e. The number of amides is 3. The third-order valence-electron chi connectivity index (χ3n) is 2.20. The molecule has 0 fully saturated rings. The van der Waals surface area contributed by atoms with Gasteiger partial charge in [0.2, 0.25) is 0 Å². The fourth-order valence-corrected chi connectivity index (χ4v) is 1.84. The zero-order valence-electron chi connectivity index (χ0n) is 11.9. The van der Waals surface area contributed by atoms with Crippen molar-refractivity contribution >= 4 is 35.3 Å². The van der Waals surface area contributed by atoms with Gasteiger partial charge in [-0.05, 0) is 23.4 Å². The number of esters is 1. The molecule has 0 saturated heterocycles. The Balaban J connectivity index is 2.23. The normalized spacial score (nSPS) is 10.6. The molecule has 0 spiro atoms. The smallest absolute Gasteiger partial charge is 0.331 e. The first-order valence-electron chi connectivity index (χ1n) is 6.43. The largest absolute Gasteiger partial charge is 0.452 e. The zero-order valence-corrected chi connectivity index (χ0v) is 12.7. The predicted molar refractivity (Wildman–Crippen MR) is 80.7 cm³/mol. The van der Waals surface area contributed by atoms with E-state index in [1.165, 1.54) is 17.4 Å². The average Bonchev–Trinajstić information content (AvgIpc) is 2.94. The molecule has 0 aliphatic carbocycles. The summed E-state index contributed by atoms with van der Waals surface area (Å²) >= 11 is 1.48. The van der Waals surface area contributed by atoms with Gasteiger partial charge in [0.15, 0.2) is 6.61 Å². The highest BCUT2D eigenvalue weighted by Crippen LogP contribution is 2.09. The molecular weight excluding hydrogens is 292 g/mol. The van der Waals surface area contributed by atoms with Gasteiger partial charge in [0, 0.05) is 17.5 Å². The number of ether oxygens (including phenoxy) is 1. The molecule has 0 bridgehead atoms. The molecule has 1 aromatic rings. The Kier molecular flexibility index (Phi) is 7.17. The van der Waals surface area contributed by atoms with Gasteiger partial charge in [-0.25, -0.2) is 9.59 Å². The second-order valence-corrected chi connectivity index (χ2v) is 5.59. The second-order valence-electron chi connectivity index (χ2n) is 4.61. The van der Waals surface area contributed by atoms with Gasteiger partial charge in [0.25, 0.3) is 5.91 Å². The Morgan fingerprint density at radius 1 is 1.38 bits per heavy atom. The molecule has 2 N–H and O–H groups in total. The number of rotatable bonds is 6. The molecule has 0 aliphatic heterocycles. The molecule has 0 atom stereocenters. The summed E-state index contributed by atoms with van der Waals surface area (Å²) in [4.78, 5) is 34.9. The van der Waals surface area contributed by atoms with Crippen molar-refractivity contribution in [3.05, 3.63) is 28.5 Å². The molecule has 7 heteroatoms. The SMILES string of the molecule is CC(C)CNC(=O)NC(=O)COC(=O)C=Cc1cccs1. The van der Waals surface area contributed by atoms with Gasteiger partial charge >= 0.3 is 12.0 Å². The third-order valence-corrected chi connectivity index (χ3v) is 3.03. The van der Waals surface area contributed by atoms with Crippen LogP contribution in [0.3, 0.4) is 0 Å². The molecule has 0 unspecified atom stereocenters. The van der Waals surface area contributed by atoms with Crippen LogP contribution in [0.25, 0.3) is 6.08 Å². The topological polar surface area (TPSA) is 84.5 Å². The summed E-state index contributed by atoms with van der Waals surface area (Å²) in [6.45, 7) is 3.83. The quantitative estimate of drug-likeness (QED) is 0.619. The molecular formula is C14H18N2O4S. The molecule has 0 radical (unpaired) electrons. The predicted octanol–water partition coefficient (Wildman–Crippen LogP) is 1.79. The van der Waals surface area contributed by atoms with Crippen LogP contribution < -0.4 is 10.6 Å². The number of urea groups is 1. The van der Waals surface area contributed by atoms with E-state index in [1.54, 1.807) is 6.08 Å². The van der Waals surface area contributed by atoms with Crippen molar-refractivity contribution in [2.45, 2.75) is 13.8 Å². The molecule has 0 saturated carbocycles. The summed E-state index contributed by atoms with van der Waals surface area (Å²) in [6.07, 6.45) is 2.83. The van der Waals surface area contributed by atoms with Crippen molar-refractivity contribution in [2.24, 2.45) is 5.92 Å². The van der Waals surface area contributed by atoms with Gasteiger partial charge in [-0.1, -0.05) is 19.9 Å². The van der Waals surface area contributed by atoms with Gasteiger partial charge in [-0.2, -0.15) is 0 Å². The summed E-state index contributed by atoms with van der Waals surface area (Å²) in [6, 6.07) is 3.11. The van der Waals surface area contributed by atoms with E-state index in [9.17, 15) is 14.4 Å². The lowest BCUT2D eigenvalue weighted by molar-refractivity contribution is -0.143. The first-order chi connectivity index (χ1) is 9.97. The average molecular weight is 310 g/mol. The van der Waals surface area contributed by atoms with E-state index >= 15 is 0 Å². The lowest BCUT2D eigenvalue weighted by Crippen LogP contribution is -2.42. The van der Waals surface area contributed by atoms with Crippen LogP contribution in [0, 0.1) is 5.92 Å². The highest BCUT2D eigenvalue weighted by atomic mass is 32.1. The van der Waals surface area contributed by atoms with Crippen LogP contribution in [0.4, 0.5) is 4.79 Å². The van der Waals surface area contributed by atoms with Crippen LogP contribution >= 0.6 is 11.3 Å².